The van der Waals surface area contributed by atoms with Crippen LogP contribution in [0.3, 0.4) is 0 Å². The first kappa shape index (κ1) is 18.6. The van der Waals surface area contributed by atoms with Crippen LogP contribution in [0.2, 0.25) is 0 Å². The number of aryl methyl sites for hydroxylation is 2. The predicted octanol–water partition coefficient (Wildman–Crippen LogP) is 5.15. The van der Waals surface area contributed by atoms with E-state index in [2.05, 4.69) is 10.3 Å². The molecule has 3 heterocycles. The molecular weight excluding hydrogens is 398 g/mol. The van der Waals surface area contributed by atoms with Crippen LogP contribution in [0.1, 0.15) is 28.8 Å². The van der Waals surface area contributed by atoms with Gasteiger partial charge in [0.15, 0.2) is 5.82 Å². The van der Waals surface area contributed by atoms with Gasteiger partial charge in [0.1, 0.15) is 10.6 Å². The summed E-state index contributed by atoms with van der Waals surface area (Å²) in [6.07, 6.45) is 7.98. The smallest absolute Gasteiger partial charge is 0.269 e. The van der Waals surface area contributed by atoms with Gasteiger partial charge in [-0.25, -0.2) is 9.97 Å². The maximum absolute atomic E-state index is 11.1. The molecule has 30 heavy (non-hydrogen) atoms. The van der Waals surface area contributed by atoms with Crippen molar-refractivity contribution in [3.05, 3.63) is 74.9 Å². The molecule has 0 atom stereocenters. The lowest BCUT2D eigenvalue weighted by atomic mass is 9.97. The second-order valence-electron chi connectivity index (χ2n) is 7.30. The van der Waals surface area contributed by atoms with Gasteiger partial charge in [-0.2, -0.15) is 0 Å². The maximum atomic E-state index is 11.1. The van der Waals surface area contributed by atoms with E-state index in [1.165, 1.54) is 29.3 Å². The number of nitro benzene ring substituents is 1. The first-order chi connectivity index (χ1) is 14.7. The molecule has 0 amide bonds. The second kappa shape index (κ2) is 7.79. The molecule has 1 aliphatic carbocycles. The van der Waals surface area contributed by atoms with Gasteiger partial charge in [0.05, 0.1) is 10.3 Å². The molecule has 0 fully saturated rings. The van der Waals surface area contributed by atoms with Crippen molar-refractivity contribution in [3.8, 4) is 11.4 Å². The first-order valence-corrected chi connectivity index (χ1v) is 10.7. The number of non-ortho nitro benzene ring substituents is 1. The number of nitrogens with zero attached hydrogens (tertiary/aromatic N) is 4. The van der Waals surface area contributed by atoms with Crippen molar-refractivity contribution in [3.63, 3.8) is 0 Å². The summed E-state index contributed by atoms with van der Waals surface area (Å²) in [4.78, 5) is 26.9. The molecule has 3 aromatic heterocycles. The molecule has 0 unspecified atom stereocenters. The Labute approximate surface area is 177 Å². The maximum Gasteiger partial charge on any atom is 0.269 e. The minimum absolute atomic E-state index is 0.0903. The molecule has 0 aliphatic heterocycles. The van der Waals surface area contributed by atoms with Gasteiger partial charge >= 0.3 is 0 Å². The Bertz CT molecular complexity index is 1240. The topological polar surface area (TPSA) is 93.8 Å². The molecule has 0 spiro atoms. The zero-order valence-electron chi connectivity index (χ0n) is 16.2. The number of nitro groups is 1. The van der Waals surface area contributed by atoms with Crippen LogP contribution < -0.4 is 5.32 Å². The van der Waals surface area contributed by atoms with Crippen LogP contribution in [-0.2, 0) is 19.4 Å². The lowest BCUT2D eigenvalue weighted by Gasteiger charge is -2.13. The molecule has 0 radical (unpaired) electrons. The third-order valence-electron chi connectivity index (χ3n) is 5.33. The van der Waals surface area contributed by atoms with Gasteiger partial charge in [0, 0.05) is 41.5 Å². The average Bonchev–Trinajstić information content (AvgIpc) is 3.17. The summed E-state index contributed by atoms with van der Waals surface area (Å²) in [5.74, 6) is 1.45. The number of fused-ring (bicyclic) bond motifs is 3. The van der Waals surface area contributed by atoms with Gasteiger partial charge < -0.3 is 5.32 Å². The van der Waals surface area contributed by atoms with E-state index in [0.717, 1.165) is 40.0 Å². The molecule has 8 heteroatoms. The number of rotatable bonds is 5. The Morgan fingerprint density at radius 2 is 1.93 bits per heavy atom. The van der Waals surface area contributed by atoms with E-state index >= 15 is 0 Å². The Hall–Kier alpha value is -3.39. The molecule has 1 N–H and O–H groups in total. The highest BCUT2D eigenvalue weighted by atomic mass is 32.1. The summed E-state index contributed by atoms with van der Waals surface area (Å²) in [5, 5.41) is 15.6. The van der Waals surface area contributed by atoms with Crippen molar-refractivity contribution in [2.75, 3.05) is 5.32 Å². The van der Waals surface area contributed by atoms with Gasteiger partial charge in [-0.15, -0.1) is 11.3 Å². The van der Waals surface area contributed by atoms with E-state index in [1.54, 1.807) is 35.9 Å². The molecule has 7 nitrogen and oxygen atoms in total. The van der Waals surface area contributed by atoms with Crippen molar-refractivity contribution in [2.24, 2.45) is 0 Å². The molecule has 150 valence electrons. The lowest BCUT2D eigenvalue weighted by Crippen LogP contribution is -2.06. The van der Waals surface area contributed by atoms with Crippen LogP contribution in [0.4, 0.5) is 11.5 Å². The van der Waals surface area contributed by atoms with Crippen molar-refractivity contribution in [1.82, 2.24) is 15.0 Å². The molecule has 0 saturated heterocycles. The first-order valence-electron chi connectivity index (χ1n) is 9.89. The number of hydrogen-bond donors (Lipinski definition) is 1. The van der Waals surface area contributed by atoms with Crippen molar-refractivity contribution >= 4 is 33.1 Å². The largest absolute Gasteiger partial charge is 0.365 e. The second-order valence-corrected chi connectivity index (χ2v) is 8.39. The monoisotopic (exact) mass is 417 g/mol. The van der Waals surface area contributed by atoms with Crippen molar-refractivity contribution in [1.29, 1.82) is 0 Å². The molecule has 0 bridgehead atoms. The molecule has 1 aromatic carbocycles. The van der Waals surface area contributed by atoms with Gasteiger partial charge in [0.2, 0.25) is 0 Å². The number of anilines is 1. The minimum atomic E-state index is -0.372. The van der Waals surface area contributed by atoms with Crippen LogP contribution in [-0.4, -0.2) is 19.9 Å². The predicted molar refractivity (Wildman–Crippen MR) is 118 cm³/mol. The highest BCUT2D eigenvalue weighted by molar-refractivity contribution is 7.19. The zero-order chi connectivity index (χ0) is 20.5. The third-order valence-corrected chi connectivity index (χ3v) is 6.52. The lowest BCUT2D eigenvalue weighted by molar-refractivity contribution is -0.384. The number of thiophene rings is 1. The van der Waals surface area contributed by atoms with E-state index in [9.17, 15) is 10.1 Å². The Morgan fingerprint density at radius 1 is 1.10 bits per heavy atom. The number of benzene rings is 1. The van der Waals surface area contributed by atoms with Crippen LogP contribution >= 0.6 is 11.3 Å². The minimum Gasteiger partial charge on any atom is -0.365 e. The molecule has 5 rings (SSSR count). The average molecular weight is 417 g/mol. The molecular formula is C22H19N5O2S. The fraction of sp³-hybridized carbons (Fsp3) is 0.227. The van der Waals surface area contributed by atoms with Crippen molar-refractivity contribution < 1.29 is 4.92 Å². The highest BCUT2D eigenvalue weighted by Gasteiger charge is 2.21. The molecule has 1 aliphatic rings. The Balaban J connectivity index is 1.57. The quantitative estimate of drug-likeness (QED) is 0.356. The summed E-state index contributed by atoms with van der Waals surface area (Å²) >= 11 is 1.75. The number of nitrogens with one attached hydrogen (secondary N) is 1. The summed E-state index contributed by atoms with van der Waals surface area (Å²) in [7, 11) is 0. The fourth-order valence-corrected chi connectivity index (χ4v) is 5.14. The van der Waals surface area contributed by atoms with Crippen LogP contribution in [0, 0.1) is 10.1 Å². The fourth-order valence-electron chi connectivity index (χ4n) is 3.88. The summed E-state index contributed by atoms with van der Waals surface area (Å²) in [5.41, 5.74) is 3.19. The Kier molecular flexibility index (Phi) is 4.84. The van der Waals surface area contributed by atoms with Crippen LogP contribution in [0.5, 0.6) is 0 Å². The SMILES string of the molecule is O=[N+]([O-])c1cccc(CNc2nc(-c3ccncc3)nc3sc4c(c23)CCCC4)c1. The van der Waals surface area contributed by atoms with Crippen molar-refractivity contribution in [2.45, 2.75) is 32.2 Å². The summed E-state index contributed by atoms with van der Waals surface area (Å²) in [6, 6.07) is 10.5. The van der Waals surface area contributed by atoms with Crippen LogP contribution in [0.15, 0.2) is 48.8 Å². The van der Waals surface area contributed by atoms with Gasteiger partial charge in [-0.1, -0.05) is 12.1 Å². The van der Waals surface area contributed by atoms with E-state index < -0.39 is 0 Å². The van der Waals surface area contributed by atoms with Gasteiger partial charge in [0.25, 0.3) is 5.69 Å². The summed E-state index contributed by atoms with van der Waals surface area (Å²) < 4.78 is 0. The van der Waals surface area contributed by atoms with E-state index in [4.69, 9.17) is 9.97 Å². The van der Waals surface area contributed by atoms with Gasteiger partial charge in [-0.05, 0) is 48.9 Å². The standard InChI is InChI=1S/C22H19N5O2S/c28-27(29)16-5-3-4-14(12-16)13-24-21-19-17-6-1-2-7-18(17)30-22(19)26-20(25-21)15-8-10-23-11-9-15/h3-5,8-12H,1-2,6-7,13H2,(H,24,25,26). The Morgan fingerprint density at radius 3 is 2.77 bits per heavy atom. The molecule has 4 aromatic rings. The van der Waals surface area contributed by atoms with E-state index in [0.29, 0.717) is 12.4 Å². The van der Waals surface area contributed by atoms with Crippen LogP contribution in [0.25, 0.3) is 21.6 Å². The molecule has 0 saturated carbocycles. The van der Waals surface area contributed by atoms with E-state index in [-0.39, 0.29) is 10.6 Å². The van der Waals surface area contributed by atoms with Gasteiger partial charge in [-0.3, -0.25) is 15.1 Å². The third kappa shape index (κ3) is 3.50. The van der Waals surface area contributed by atoms with E-state index in [1.807, 2.05) is 18.2 Å². The zero-order valence-corrected chi connectivity index (χ0v) is 17.0. The number of hydrogen-bond acceptors (Lipinski definition) is 7. The summed E-state index contributed by atoms with van der Waals surface area (Å²) in [6.45, 7) is 0.453. The highest BCUT2D eigenvalue weighted by Crippen LogP contribution is 2.39. The number of pyridine rings is 1. The number of aromatic nitrogens is 3. The normalized spacial score (nSPS) is 13.2.